The summed E-state index contributed by atoms with van der Waals surface area (Å²) in [6, 6.07) is 1.88. The second-order valence-corrected chi connectivity index (χ2v) is 3.55. The van der Waals surface area contributed by atoms with E-state index in [1.165, 1.54) is 6.33 Å². The maximum Gasteiger partial charge on any atom is 0.137 e. The van der Waals surface area contributed by atoms with Gasteiger partial charge in [0.15, 0.2) is 0 Å². The zero-order valence-corrected chi connectivity index (χ0v) is 9.84. The second-order valence-electron chi connectivity index (χ2n) is 3.55. The van der Waals surface area contributed by atoms with E-state index in [0.717, 1.165) is 23.2 Å². The Morgan fingerprint density at radius 3 is 2.82 bits per heavy atom. The maximum absolute atomic E-state index is 5.84. The van der Waals surface area contributed by atoms with Crippen LogP contribution in [0.5, 0.6) is 5.75 Å². The Balaban J connectivity index is 2.55. The van der Waals surface area contributed by atoms with Crippen LogP contribution in [0.1, 0.15) is 12.5 Å². The average Bonchev–Trinajstić information content (AvgIpc) is 2.38. The normalized spacial score (nSPS) is 10.2. The fourth-order valence-corrected chi connectivity index (χ4v) is 1.68. The first-order valence-electron chi connectivity index (χ1n) is 5.35. The van der Waals surface area contributed by atoms with Gasteiger partial charge < -0.3 is 10.5 Å². The van der Waals surface area contributed by atoms with Gasteiger partial charge in [0.2, 0.25) is 0 Å². The van der Waals surface area contributed by atoms with Crippen molar-refractivity contribution in [1.82, 2.24) is 15.0 Å². The summed E-state index contributed by atoms with van der Waals surface area (Å²) in [5, 5.41) is 0. The van der Waals surface area contributed by atoms with Crippen molar-refractivity contribution >= 4 is 5.82 Å². The average molecular weight is 230 g/mol. The first kappa shape index (κ1) is 11.3. The van der Waals surface area contributed by atoms with Gasteiger partial charge in [0.05, 0.1) is 19.0 Å². The van der Waals surface area contributed by atoms with Crippen molar-refractivity contribution < 1.29 is 4.74 Å². The van der Waals surface area contributed by atoms with Gasteiger partial charge in [0.1, 0.15) is 17.9 Å². The molecule has 0 spiro atoms. The number of rotatable bonds is 3. The lowest BCUT2D eigenvalue weighted by molar-refractivity contribution is 0.413. The highest BCUT2D eigenvalue weighted by molar-refractivity contribution is 5.67. The third-order valence-electron chi connectivity index (χ3n) is 2.55. The molecule has 5 nitrogen and oxygen atoms in total. The van der Waals surface area contributed by atoms with Crippen molar-refractivity contribution in [3.05, 3.63) is 30.4 Å². The highest BCUT2D eigenvalue weighted by Gasteiger charge is 2.10. The van der Waals surface area contributed by atoms with Gasteiger partial charge in [-0.15, -0.1) is 0 Å². The van der Waals surface area contributed by atoms with E-state index in [4.69, 9.17) is 10.5 Å². The quantitative estimate of drug-likeness (QED) is 0.868. The highest BCUT2D eigenvalue weighted by atomic mass is 16.5. The molecule has 0 aliphatic heterocycles. The summed E-state index contributed by atoms with van der Waals surface area (Å²) in [4.78, 5) is 12.4. The maximum atomic E-state index is 5.84. The molecule has 2 N–H and O–H groups in total. The first-order chi connectivity index (χ1) is 8.26. The molecule has 0 amide bonds. The number of hydrogen-bond acceptors (Lipinski definition) is 5. The van der Waals surface area contributed by atoms with Crippen LogP contribution >= 0.6 is 0 Å². The van der Waals surface area contributed by atoms with Gasteiger partial charge in [0.25, 0.3) is 0 Å². The minimum absolute atomic E-state index is 0.514. The third-order valence-corrected chi connectivity index (χ3v) is 2.55. The van der Waals surface area contributed by atoms with Crippen LogP contribution in [0.25, 0.3) is 11.3 Å². The van der Waals surface area contributed by atoms with Crippen LogP contribution in [-0.4, -0.2) is 22.1 Å². The Labute approximate surface area is 99.7 Å². The van der Waals surface area contributed by atoms with E-state index in [0.29, 0.717) is 11.6 Å². The second kappa shape index (κ2) is 4.78. The number of pyridine rings is 1. The number of anilines is 1. The molecule has 0 saturated carbocycles. The fraction of sp³-hybridized carbons (Fsp3) is 0.250. The van der Waals surface area contributed by atoms with Crippen molar-refractivity contribution in [2.24, 2.45) is 0 Å². The summed E-state index contributed by atoms with van der Waals surface area (Å²) >= 11 is 0. The molecule has 0 bridgehead atoms. The lowest BCUT2D eigenvalue weighted by Crippen LogP contribution is -2.01. The van der Waals surface area contributed by atoms with Crippen molar-refractivity contribution in [2.75, 3.05) is 12.8 Å². The number of methoxy groups -OCH3 is 1. The molecule has 5 heteroatoms. The zero-order valence-electron chi connectivity index (χ0n) is 9.84. The van der Waals surface area contributed by atoms with E-state index in [1.54, 1.807) is 19.5 Å². The highest BCUT2D eigenvalue weighted by Crippen LogP contribution is 2.26. The molecule has 0 aromatic carbocycles. The molecule has 0 unspecified atom stereocenters. The molecule has 0 saturated heterocycles. The molecule has 0 aliphatic carbocycles. The van der Waals surface area contributed by atoms with Crippen LogP contribution in [0.2, 0.25) is 0 Å². The van der Waals surface area contributed by atoms with Gasteiger partial charge in [-0.1, -0.05) is 6.92 Å². The molecule has 2 aromatic rings. The molecule has 88 valence electrons. The Morgan fingerprint density at radius 2 is 2.12 bits per heavy atom. The summed E-state index contributed by atoms with van der Waals surface area (Å²) < 4.78 is 5.14. The zero-order chi connectivity index (χ0) is 12.3. The van der Waals surface area contributed by atoms with Crippen LogP contribution in [0, 0.1) is 0 Å². The summed E-state index contributed by atoms with van der Waals surface area (Å²) in [6.07, 6.45) is 5.63. The van der Waals surface area contributed by atoms with E-state index in [-0.39, 0.29) is 0 Å². The first-order valence-corrected chi connectivity index (χ1v) is 5.35. The van der Waals surface area contributed by atoms with Crippen molar-refractivity contribution in [3.63, 3.8) is 0 Å². The molecular formula is C12H14N4O. The monoisotopic (exact) mass is 230 g/mol. The number of hydrogen-bond donors (Lipinski definition) is 1. The smallest absolute Gasteiger partial charge is 0.137 e. The minimum atomic E-state index is 0.514. The summed E-state index contributed by atoms with van der Waals surface area (Å²) in [6.45, 7) is 2.02. The lowest BCUT2D eigenvalue weighted by atomic mass is 10.1. The number of nitrogens with two attached hydrogens (primary N) is 1. The molecular weight excluding hydrogens is 216 g/mol. The SMILES string of the molecule is CCc1c(N)ncnc1-c1cncc(OC)c1. The van der Waals surface area contributed by atoms with Crippen LogP contribution in [0.4, 0.5) is 5.82 Å². The van der Waals surface area contributed by atoms with Crippen LogP contribution in [0.3, 0.4) is 0 Å². The Bertz CT molecular complexity index is 528. The number of nitrogens with zero attached hydrogens (tertiary/aromatic N) is 3. The Hall–Kier alpha value is -2.17. The van der Waals surface area contributed by atoms with E-state index in [9.17, 15) is 0 Å². The van der Waals surface area contributed by atoms with E-state index in [2.05, 4.69) is 15.0 Å². The standard InChI is InChI=1S/C12H14N4O/c1-3-10-11(15-7-16-12(10)13)8-4-9(17-2)6-14-5-8/h4-7H,3H2,1-2H3,(H2,13,15,16). The summed E-state index contributed by atoms with van der Waals surface area (Å²) in [5.74, 6) is 1.21. The number of aromatic nitrogens is 3. The van der Waals surface area contributed by atoms with Gasteiger partial charge in [-0.2, -0.15) is 0 Å². The largest absolute Gasteiger partial charge is 0.495 e. The van der Waals surface area contributed by atoms with Gasteiger partial charge >= 0.3 is 0 Å². The third kappa shape index (κ3) is 2.18. The molecule has 0 fully saturated rings. The molecule has 2 rings (SSSR count). The Kier molecular flexibility index (Phi) is 3.18. The van der Waals surface area contributed by atoms with Gasteiger partial charge in [-0.05, 0) is 12.5 Å². The molecule has 17 heavy (non-hydrogen) atoms. The van der Waals surface area contributed by atoms with Crippen molar-refractivity contribution in [2.45, 2.75) is 13.3 Å². The topological polar surface area (TPSA) is 73.9 Å². The molecule has 2 heterocycles. The molecule has 0 atom stereocenters. The lowest BCUT2D eigenvalue weighted by Gasteiger charge is -2.09. The predicted octanol–water partition coefficient (Wildman–Crippen LogP) is 1.69. The van der Waals surface area contributed by atoms with Crippen molar-refractivity contribution in [1.29, 1.82) is 0 Å². The van der Waals surface area contributed by atoms with Crippen molar-refractivity contribution in [3.8, 4) is 17.0 Å². The molecule has 2 aromatic heterocycles. The molecule has 0 radical (unpaired) electrons. The number of ether oxygens (including phenoxy) is 1. The fourth-order valence-electron chi connectivity index (χ4n) is 1.68. The number of nitrogen functional groups attached to an aromatic ring is 1. The van der Waals surface area contributed by atoms with Gasteiger partial charge in [-0.3, -0.25) is 4.98 Å². The van der Waals surface area contributed by atoms with E-state index >= 15 is 0 Å². The Morgan fingerprint density at radius 1 is 1.29 bits per heavy atom. The van der Waals surface area contributed by atoms with Gasteiger partial charge in [-0.25, -0.2) is 9.97 Å². The van der Waals surface area contributed by atoms with Gasteiger partial charge in [0, 0.05) is 17.3 Å². The minimum Gasteiger partial charge on any atom is -0.495 e. The summed E-state index contributed by atoms with van der Waals surface area (Å²) in [5.41, 5.74) is 8.47. The van der Waals surface area contributed by atoms with Crippen LogP contribution < -0.4 is 10.5 Å². The van der Waals surface area contributed by atoms with E-state index < -0.39 is 0 Å². The van der Waals surface area contributed by atoms with Crippen LogP contribution in [-0.2, 0) is 6.42 Å². The van der Waals surface area contributed by atoms with Crippen LogP contribution in [0.15, 0.2) is 24.8 Å². The summed E-state index contributed by atoms with van der Waals surface area (Å²) in [7, 11) is 1.61. The predicted molar refractivity (Wildman–Crippen MR) is 65.6 cm³/mol. The molecule has 0 aliphatic rings. The van der Waals surface area contributed by atoms with E-state index in [1.807, 2.05) is 13.0 Å².